The van der Waals surface area contributed by atoms with Crippen LogP contribution in [-0.2, 0) is 9.13 Å². The van der Waals surface area contributed by atoms with E-state index in [-0.39, 0.29) is 38.6 Å². The Morgan fingerprint density at radius 1 is 0.429 bits per heavy atom. The first-order chi connectivity index (χ1) is 26.4. The van der Waals surface area contributed by atoms with Crippen molar-refractivity contribution in [2.45, 2.75) is 54.1 Å². The van der Waals surface area contributed by atoms with Gasteiger partial charge in [0, 0.05) is 48.5 Å². The minimum Gasteiger partial charge on any atom is -0.395 e. The van der Waals surface area contributed by atoms with E-state index in [1.807, 2.05) is 27.7 Å². The zero-order valence-corrected chi connectivity index (χ0v) is 33.0. The molecule has 0 saturated carbocycles. The highest BCUT2D eigenvalue weighted by Crippen LogP contribution is 2.60. The molecule has 6 nitrogen and oxygen atoms in total. The minimum atomic E-state index is -4.20. The second-order valence-electron chi connectivity index (χ2n) is 14.4. The fraction of sp³-hybridized carbons (Fsp3) is 0.182. The quantitative estimate of drug-likeness (QED) is 0.119. The Bertz CT molecular complexity index is 2540. The molecule has 286 valence electrons. The van der Waals surface area contributed by atoms with Gasteiger partial charge in [0.2, 0.25) is 0 Å². The summed E-state index contributed by atoms with van der Waals surface area (Å²) < 4.78 is 114. The topological polar surface area (TPSA) is 71.1 Å². The van der Waals surface area contributed by atoms with Gasteiger partial charge in [0.25, 0.3) is 0 Å². The maximum Gasteiger partial charge on any atom is 0.586 e. The second kappa shape index (κ2) is 13.1. The Labute approximate surface area is 321 Å². The maximum absolute atomic E-state index is 16.3. The first kappa shape index (κ1) is 37.6. The van der Waals surface area contributed by atoms with Gasteiger partial charge in [0.1, 0.15) is 0 Å². The number of fused-ring (bicyclic) bond motifs is 2. The summed E-state index contributed by atoms with van der Waals surface area (Å²) in [6, 6.07) is 30.8. The molecule has 0 aliphatic carbocycles. The van der Waals surface area contributed by atoms with E-state index in [0.717, 1.165) is 22.3 Å². The Hall–Kier alpha value is -5.30. The monoisotopic (exact) mass is 798 g/mol. The van der Waals surface area contributed by atoms with Crippen molar-refractivity contribution >= 4 is 46.1 Å². The van der Waals surface area contributed by atoms with Gasteiger partial charge in [-0.25, -0.2) is 0 Å². The van der Waals surface area contributed by atoms with Gasteiger partial charge < -0.3 is 28.1 Å². The van der Waals surface area contributed by atoms with Gasteiger partial charge >= 0.3 is 12.6 Å². The summed E-state index contributed by atoms with van der Waals surface area (Å²) >= 11 is 0. The highest BCUT2D eigenvalue weighted by Gasteiger charge is 2.52. The van der Waals surface area contributed by atoms with Crippen molar-refractivity contribution in [1.29, 1.82) is 0 Å². The van der Waals surface area contributed by atoms with E-state index in [0.29, 0.717) is 21.2 Å². The van der Waals surface area contributed by atoms with E-state index in [1.165, 1.54) is 26.0 Å². The highest BCUT2D eigenvalue weighted by atomic mass is 31.2. The van der Waals surface area contributed by atoms with E-state index >= 15 is 26.7 Å². The van der Waals surface area contributed by atoms with E-state index in [9.17, 15) is 0 Å². The molecule has 6 aromatic carbocycles. The van der Waals surface area contributed by atoms with Gasteiger partial charge in [-0.05, 0) is 59.2 Å². The number of benzene rings is 6. The number of hydrogen-bond donors (Lipinski definition) is 0. The summed E-state index contributed by atoms with van der Waals surface area (Å²) in [5.41, 5.74) is 3.28. The molecule has 0 N–H and O–H groups in total. The molecule has 12 heteroatoms. The number of hydrogen-bond acceptors (Lipinski definition) is 6. The molecule has 0 radical (unpaired) electrons. The van der Waals surface area contributed by atoms with Crippen molar-refractivity contribution in [2.24, 2.45) is 0 Å². The number of halogens is 4. The van der Waals surface area contributed by atoms with Crippen LogP contribution in [0.3, 0.4) is 0 Å². The van der Waals surface area contributed by atoms with Crippen LogP contribution in [0.1, 0.15) is 33.4 Å². The SMILES string of the molecule is Cc1ccc(P(=O)(c2ccc(C)cc2)c2cc(-c3c(P(=O)(c4ccc(C)cc4)c4ccc(C)cc4)cc(C)c4c3OC(F)(F)O4)c3c(c2C)OC(F)(F)O3)cc1. The number of alkyl halides is 4. The molecule has 0 bridgehead atoms. The predicted molar refractivity (Wildman–Crippen MR) is 211 cm³/mol. The van der Waals surface area contributed by atoms with E-state index < -0.39 is 44.1 Å². The zero-order chi connectivity index (χ0) is 39.9. The molecule has 6 aromatic rings. The molecule has 0 aromatic heterocycles. The lowest BCUT2D eigenvalue weighted by molar-refractivity contribution is -0.288. The number of rotatable bonds is 7. The van der Waals surface area contributed by atoms with Crippen LogP contribution < -0.4 is 50.8 Å². The average molecular weight is 799 g/mol. The van der Waals surface area contributed by atoms with Gasteiger partial charge in [0.05, 0.1) is 0 Å². The molecule has 0 spiro atoms. The third kappa shape index (κ3) is 6.11. The van der Waals surface area contributed by atoms with Crippen molar-refractivity contribution in [1.82, 2.24) is 0 Å². The molecule has 0 amide bonds. The zero-order valence-electron chi connectivity index (χ0n) is 31.2. The lowest BCUT2D eigenvalue weighted by atomic mass is 9.98. The Morgan fingerprint density at radius 3 is 1.18 bits per heavy atom. The molecular formula is C44H36F4O6P2. The van der Waals surface area contributed by atoms with Gasteiger partial charge in [-0.2, -0.15) is 0 Å². The predicted octanol–water partition coefficient (Wildman–Crippen LogP) is 9.13. The Balaban J connectivity index is 1.54. The van der Waals surface area contributed by atoms with Crippen molar-refractivity contribution in [3.63, 3.8) is 0 Å². The van der Waals surface area contributed by atoms with E-state index in [2.05, 4.69) is 0 Å². The standard InChI is InChI=1S/C44H36F4O6P2/c1-25-7-15-31(16-8-25)55(49,32-17-9-26(2)10-18-32)36-24-35(41-40(30(36)6)52-44(47,48)53-41)38-37(23-29(5)39-42(38)54-43(45,46)51-39)56(50,33-19-11-27(3)12-20-33)34-21-13-28(4)14-22-34/h7-24H,1-6H3. The Kier molecular flexibility index (Phi) is 8.83. The molecular weight excluding hydrogens is 762 g/mol. The van der Waals surface area contributed by atoms with Crippen LogP contribution in [0.5, 0.6) is 23.0 Å². The summed E-state index contributed by atoms with van der Waals surface area (Å²) in [4.78, 5) is 0. The maximum atomic E-state index is 16.3. The van der Waals surface area contributed by atoms with Gasteiger partial charge in [-0.1, -0.05) is 119 Å². The van der Waals surface area contributed by atoms with Crippen molar-refractivity contribution in [3.8, 4) is 34.1 Å². The smallest absolute Gasteiger partial charge is 0.395 e. The molecule has 0 saturated heterocycles. The summed E-state index contributed by atoms with van der Waals surface area (Å²) in [7, 11) is -8.09. The molecule has 2 aliphatic rings. The normalized spacial score (nSPS) is 15.2. The lowest BCUT2D eigenvalue weighted by Gasteiger charge is -2.27. The summed E-state index contributed by atoms with van der Waals surface area (Å²) in [6.07, 6.45) is -8.37. The van der Waals surface area contributed by atoms with Gasteiger partial charge in [-0.15, -0.1) is 17.6 Å². The largest absolute Gasteiger partial charge is 0.586 e. The van der Waals surface area contributed by atoms with Gasteiger partial charge in [0.15, 0.2) is 37.3 Å². The molecule has 8 rings (SSSR count). The third-order valence-electron chi connectivity index (χ3n) is 10.3. The summed E-state index contributed by atoms with van der Waals surface area (Å²) in [6.45, 7) is 10.5. The summed E-state index contributed by atoms with van der Waals surface area (Å²) in [5, 5.41) is 1.52. The first-order valence-corrected chi connectivity index (χ1v) is 21.2. The summed E-state index contributed by atoms with van der Waals surface area (Å²) in [5.74, 6) is -1.90. The van der Waals surface area contributed by atoms with Crippen LogP contribution in [0.15, 0.2) is 109 Å². The molecule has 0 unspecified atom stereocenters. The van der Waals surface area contributed by atoms with Crippen molar-refractivity contribution in [3.05, 3.63) is 143 Å². The molecule has 2 heterocycles. The average Bonchev–Trinajstić information content (AvgIpc) is 3.67. The van der Waals surface area contributed by atoms with Crippen molar-refractivity contribution in [2.75, 3.05) is 0 Å². The van der Waals surface area contributed by atoms with Crippen LogP contribution in [0.25, 0.3) is 11.1 Å². The molecule has 0 atom stereocenters. The van der Waals surface area contributed by atoms with E-state index in [1.54, 1.807) is 97.1 Å². The fourth-order valence-electron chi connectivity index (χ4n) is 7.33. The molecule has 2 aliphatic heterocycles. The van der Waals surface area contributed by atoms with Crippen LogP contribution in [0.2, 0.25) is 0 Å². The first-order valence-electron chi connectivity index (χ1n) is 17.8. The Morgan fingerprint density at radius 2 is 0.768 bits per heavy atom. The third-order valence-corrected chi connectivity index (χ3v) is 16.6. The van der Waals surface area contributed by atoms with Gasteiger partial charge in [-0.3, -0.25) is 0 Å². The van der Waals surface area contributed by atoms with Crippen molar-refractivity contribution < 1.29 is 45.6 Å². The highest BCUT2D eigenvalue weighted by molar-refractivity contribution is 7.86. The number of aryl methyl sites for hydroxylation is 5. The lowest BCUT2D eigenvalue weighted by Crippen LogP contribution is -2.29. The van der Waals surface area contributed by atoms with E-state index in [4.69, 9.17) is 18.9 Å². The van der Waals surface area contributed by atoms with Crippen LogP contribution >= 0.6 is 14.3 Å². The molecule has 0 fully saturated rings. The van der Waals surface area contributed by atoms with Crippen LogP contribution in [0, 0.1) is 41.5 Å². The second-order valence-corrected chi connectivity index (χ2v) is 19.8. The fourth-order valence-corrected chi connectivity index (χ4v) is 13.1. The number of ether oxygens (including phenoxy) is 4. The van der Waals surface area contributed by atoms with Crippen LogP contribution in [-0.4, -0.2) is 12.6 Å². The van der Waals surface area contributed by atoms with Crippen LogP contribution in [0.4, 0.5) is 17.6 Å². The molecule has 56 heavy (non-hydrogen) atoms. The minimum absolute atomic E-state index is 0.0147.